The molecule has 0 saturated heterocycles. The van der Waals surface area contributed by atoms with Crippen LogP contribution in [0.4, 0.5) is 4.39 Å². The summed E-state index contributed by atoms with van der Waals surface area (Å²) >= 11 is 1.45. The third-order valence-electron chi connectivity index (χ3n) is 1.82. The van der Waals surface area contributed by atoms with Crippen LogP contribution >= 0.6 is 11.8 Å². The lowest BCUT2D eigenvalue weighted by atomic mass is 10.2. The van der Waals surface area contributed by atoms with Crippen molar-refractivity contribution in [3.63, 3.8) is 0 Å². The molecule has 1 atom stereocenters. The molecular weight excluding hydrogens is 201 g/mol. The molecule has 3 N–H and O–H groups in total. The van der Waals surface area contributed by atoms with Crippen LogP contribution in [0.15, 0.2) is 24.3 Å². The van der Waals surface area contributed by atoms with Gasteiger partial charge in [0.15, 0.2) is 0 Å². The highest BCUT2D eigenvalue weighted by Gasteiger charge is 2.05. The van der Waals surface area contributed by atoms with Gasteiger partial charge in [-0.05, 0) is 18.1 Å². The number of halogens is 1. The lowest BCUT2D eigenvalue weighted by molar-refractivity contribution is 0.287. The van der Waals surface area contributed by atoms with Gasteiger partial charge < -0.3 is 10.8 Å². The van der Waals surface area contributed by atoms with Crippen molar-refractivity contribution < 1.29 is 9.50 Å². The molecule has 14 heavy (non-hydrogen) atoms. The molecule has 78 valence electrons. The Kier molecular flexibility index (Phi) is 4.93. The maximum Gasteiger partial charge on any atom is 0.127 e. The predicted octanol–water partition coefficient (Wildman–Crippen LogP) is 1.73. The van der Waals surface area contributed by atoms with Gasteiger partial charge in [0.05, 0.1) is 5.37 Å². The van der Waals surface area contributed by atoms with Crippen molar-refractivity contribution in [2.75, 3.05) is 6.61 Å². The summed E-state index contributed by atoms with van der Waals surface area (Å²) in [5.74, 6) is 0.351. The van der Waals surface area contributed by atoms with Gasteiger partial charge in [-0.1, -0.05) is 18.2 Å². The number of nitrogens with two attached hydrogens (primary N) is 1. The van der Waals surface area contributed by atoms with Crippen molar-refractivity contribution in [1.29, 1.82) is 0 Å². The minimum absolute atomic E-state index is 0.0748. The summed E-state index contributed by atoms with van der Waals surface area (Å²) < 4.78 is 13.1. The van der Waals surface area contributed by atoms with E-state index in [0.717, 1.165) is 0 Å². The molecule has 0 heterocycles. The molecule has 0 fully saturated rings. The van der Waals surface area contributed by atoms with Crippen LogP contribution in [-0.2, 0) is 5.75 Å². The van der Waals surface area contributed by atoms with Crippen molar-refractivity contribution in [3.8, 4) is 0 Å². The molecule has 0 radical (unpaired) electrons. The van der Waals surface area contributed by atoms with Gasteiger partial charge in [-0.2, -0.15) is 0 Å². The second kappa shape index (κ2) is 6.01. The Balaban J connectivity index is 2.41. The molecule has 0 aromatic heterocycles. The van der Waals surface area contributed by atoms with Crippen molar-refractivity contribution in [2.24, 2.45) is 5.73 Å². The number of hydrogen-bond acceptors (Lipinski definition) is 3. The van der Waals surface area contributed by atoms with Crippen LogP contribution in [0.3, 0.4) is 0 Å². The van der Waals surface area contributed by atoms with Gasteiger partial charge in [-0.15, -0.1) is 11.8 Å². The van der Waals surface area contributed by atoms with E-state index >= 15 is 0 Å². The molecule has 1 rings (SSSR count). The average Bonchev–Trinajstić information content (AvgIpc) is 2.17. The van der Waals surface area contributed by atoms with Crippen LogP contribution in [0.5, 0.6) is 0 Å². The lowest BCUT2D eigenvalue weighted by Gasteiger charge is -2.09. The maximum atomic E-state index is 13.1. The summed E-state index contributed by atoms with van der Waals surface area (Å²) in [5.41, 5.74) is 6.32. The Bertz CT molecular complexity index is 283. The molecule has 4 heteroatoms. The van der Waals surface area contributed by atoms with Crippen LogP contribution < -0.4 is 5.73 Å². The fourth-order valence-electron chi connectivity index (χ4n) is 1.02. The second-order valence-electron chi connectivity index (χ2n) is 2.95. The highest BCUT2D eigenvalue weighted by atomic mass is 32.2. The topological polar surface area (TPSA) is 46.2 Å². The Morgan fingerprint density at radius 2 is 2.14 bits per heavy atom. The fourth-order valence-corrected chi connectivity index (χ4v) is 1.92. The first-order valence-electron chi connectivity index (χ1n) is 4.45. The van der Waals surface area contributed by atoms with Crippen LogP contribution in [-0.4, -0.2) is 17.1 Å². The molecule has 0 saturated carbocycles. The maximum absolute atomic E-state index is 13.1. The minimum atomic E-state index is -0.198. The van der Waals surface area contributed by atoms with Gasteiger partial charge >= 0.3 is 0 Å². The van der Waals surface area contributed by atoms with Gasteiger partial charge in [-0.3, -0.25) is 0 Å². The zero-order valence-electron chi connectivity index (χ0n) is 7.82. The molecular formula is C10H14FNOS. The Morgan fingerprint density at radius 1 is 1.43 bits per heavy atom. The quantitative estimate of drug-likeness (QED) is 0.735. The molecule has 1 aromatic rings. The van der Waals surface area contributed by atoms with Crippen molar-refractivity contribution in [1.82, 2.24) is 0 Å². The largest absolute Gasteiger partial charge is 0.396 e. The highest BCUT2D eigenvalue weighted by molar-refractivity contribution is 7.99. The fraction of sp³-hybridized carbons (Fsp3) is 0.400. The zero-order valence-corrected chi connectivity index (χ0v) is 8.64. The summed E-state index contributed by atoms with van der Waals surface area (Å²) in [6, 6.07) is 6.65. The van der Waals surface area contributed by atoms with Gasteiger partial charge in [-0.25, -0.2) is 4.39 Å². The van der Waals surface area contributed by atoms with E-state index in [0.29, 0.717) is 17.7 Å². The zero-order chi connectivity index (χ0) is 10.4. The van der Waals surface area contributed by atoms with E-state index in [1.807, 2.05) is 0 Å². The second-order valence-corrected chi connectivity index (χ2v) is 4.18. The van der Waals surface area contributed by atoms with E-state index in [1.165, 1.54) is 17.8 Å². The summed E-state index contributed by atoms with van der Waals surface area (Å²) in [5, 5.41) is 8.50. The molecule has 1 aromatic carbocycles. The van der Waals surface area contributed by atoms with Gasteiger partial charge in [0, 0.05) is 12.4 Å². The molecule has 1 unspecified atom stereocenters. The number of aliphatic hydroxyl groups excluding tert-OH is 1. The van der Waals surface area contributed by atoms with Crippen molar-refractivity contribution in [3.05, 3.63) is 35.6 Å². The van der Waals surface area contributed by atoms with Crippen LogP contribution in [0, 0.1) is 5.82 Å². The molecule has 2 nitrogen and oxygen atoms in total. The standard InChI is InChI=1S/C10H14FNOS/c11-9-4-2-1-3-8(9)7-14-10(12)5-6-13/h1-4,10,13H,5-7,12H2. The monoisotopic (exact) mass is 215 g/mol. The summed E-state index contributed by atoms with van der Waals surface area (Å²) in [6.45, 7) is 0.0748. The smallest absolute Gasteiger partial charge is 0.127 e. The molecule has 0 spiro atoms. The van der Waals surface area contributed by atoms with Crippen LogP contribution in [0.1, 0.15) is 12.0 Å². The number of thioether (sulfide) groups is 1. The van der Waals surface area contributed by atoms with Crippen molar-refractivity contribution in [2.45, 2.75) is 17.5 Å². The van der Waals surface area contributed by atoms with E-state index in [-0.39, 0.29) is 17.8 Å². The minimum Gasteiger partial charge on any atom is -0.396 e. The highest BCUT2D eigenvalue weighted by Crippen LogP contribution is 2.18. The van der Waals surface area contributed by atoms with Gasteiger partial charge in [0.25, 0.3) is 0 Å². The number of benzene rings is 1. The number of rotatable bonds is 5. The third kappa shape index (κ3) is 3.65. The van der Waals surface area contributed by atoms with Gasteiger partial charge in [0.2, 0.25) is 0 Å². The van der Waals surface area contributed by atoms with Crippen LogP contribution in [0.25, 0.3) is 0 Å². The van der Waals surface area contributed by atoms with E-state index in [9.17, 15) is 4.39 Å². The first-order chi connectivity index (χ1) is 6.74. The number of aliphatic hydroxyl groups is 1. The first-order valence-corrected chi connectivity index (χ1v) is 5.50. The van der Waals surface area contributed by atoms with E-state index in [1.54, 1.807) is 18.2 Å². The SMILES string of the molecule is NC(CCO)SCc1ccccc1F. The summed E-state index contributed by atoms with van der Waals surface area (Å²) in [7, 11) is 0. The van der Waals surface area contributed by atoms with E-state index < -0.39 is 0 Å². The van der Waals surface area contributed by atoms with Crippen molar-refractivity contribution >= 4 is 11.8 Å². The molecule has 0 bridgehead atoms. The van der Waals surface area contributed by atoms with E-state index in [4.69, 9.17) is 10.8 Å². The Hall–Kier alpha value is -0.580. The Morgan fingerprint density at radius 3 is 2.79 bits per heavy atom. The molecule has 0 amide bonds. The third-order valence-corrected chi connectivity index (χ3v) is 2.97. The van der Waals surface area contributed by atoms with Gasteiger partial charge in [0.1, 0.15) is 5.82 Å². The predicted molar refractivity (Wildman–Crippen MR) is 57.4 cm³/mol. The lowest BCUT2D eigenvalue weighted by Crippen LogP contribution is -2.17. The normalized spacial score (nSPS) is 12.8. The summed E-state index contributed by atoms with van der Waals surface area (Å²) in [6.07, 6.45) is 0.541. The Labute approximate surface area is 87.3 Å². The molecule has 0 aliphatic carbocycles. The molecule has 0 aliphatic heterocycles. The average molecular weight is 215 g/mol. The van der Waals surface area contributed by atoms with E-state index in [2.05, 4.69) is 0 Å². The summed E-state index contributed by atoms with van der Waals surface area (Å²) in [4.78, 5) is 0. The molecule has 0 aliphatic rings. The number of hydrogen-bond donors (Lipinski definition) is 2. The first kappa shape index (κ1) is 11.5. The van der Waals surface area contributed by atoms with Crippen LogP contribution in [0.2, 0.25) is 0 Å².